The van der Waals surface area contributed by atoms with E-state index in [1.54, 1.807) is 6.20 Å². The topological polar surface area (TPSA) is 56.0 Å². The average Bonchev–Trinajstić information content (AvgIpc) is 3.16. The number of imidazole rings is 1. The van der Waals surface area contributed by atoms with E-state index in [4.69, 9.17) is 4.98 Å². The molecule has 5 nitrogen and oxygen atoms in total. The van der Waals surface area contributed by atoms with Gasteiger partial charge >= 0.3 is 0 Å². The predicted molar refractivity (Wildman–Crippen MR) is 86.8 cm³/mol. The van der Waals surface area contributed by atoms with E-state index in [0.29, 0.717) is 0 Å². The largest absolute Gasteiger partial charge is 0.291 e. The molecule has 3 aromatic rings. The van der Waals surface area contributed by atoms with Gasteiger partial charge in [0.25, 0.3) is 0 Å². The van der Waals surface area contributed by atoms with Gasteiger partial charge in [-0.2, -0.15) is 0 Å². The molecule has 5 heteroatoms. The Labute approximate surface area is 134 Å². The van der Waals surface area contributed by atoms with Crippen molar-refractivity contribution < 1.29 is 0 Å². The summed E-state index contributed by atoms with van der Waals surface area (Å²) in [7, 11) is 0. The molecular weight excluding hydrogens is 286 g/mol. The number of fused-ring (bicyclic) bond motifs is 2. The summed E-state index contributed by atoms with van der Waals surface area (Å²) < 4.78 is 1.94. The molecule has 0 bridgehead atoms. The highest BCUT2D eigenvalue weighted by Crippen LogP contribution is 2.32. The van der Waals surface area contributed by atoms with Crippen LogP contribution in [0.3, 0.4) is 0 Å². The van der Waals surface area contributed by atoms with Gasteiger partial charge in [0.15, 0.2) is 0 Å². The standard InChI is InChI=1S/C18H17N5/c1-2-12(3-1)8-17-20-10-15-14(4-5-16(15)22-17)13-9-21-18-19-6-7-23(18)11-13/h4,6-7,9-12H,1-3,5,8H2. The van der Waals surface area contributed by atoms with Crippen LogP contribution >= 0.6 is 0 Å². The van der Waals surface area contributed by atoms with Gasteiger partial charge in [-0.15, -0.1) is 0 Å². The molecule has 0 amide bonds. The molecule has 1 fully saturated rings. The van der Waals surface area contributed by atoms with Crippen molar-refractivity contribution in [2.45, 2.75) is 32.1 Å². The second-order valence-corrected chi connectivity index (χ2v) is 6.45. The van der Waals surface area contributed by atoms with Crippen molar-refractivity contribution >= 4 is 11.4 Å². The first-order chi connectivity index (χ1) is 11.4. The Morgan fingerprint density at radius 2 is 2.09 bits per heavy atom. The van der Waals surface area contributed by atoms with Crippen molar-refractivity contribution in [3.63, 3.8) is 0 Å². The van der Waals surface area contributed by atoms with Gasteiger partial charge in [-0.1, -0.05) is 25.3 Å². The maximum atomic E-state index is 4.80. The fourth-order valence-electron chi connectivity index (χ4n) is 3.43. The first-order valence-corrected chi connectivity index (χ1v) is 8.21. The molecule has 1 saturated carbocycles. The molecule has 3 aromatic heterocycles. The van der Waals surface area contributed by atoms with Crippen LogP contribution < -0.4 is 0 Å². The summed E-state index contributed by atoms with van der Waals surface area (Å²) in [6.07, 6.45) is 17.8. The van der Waals surface area contributed by atoms with Crippen LogP contribution in [0.5, 0.6) is 0 Å². The van der Waals surface area contributed by atoms with E-state index < -0.39 is 0 Å². The lowest BCUT2D eigenvalue weighted by molar-refractivity contribution is 0.309. The van der Waals surface area contributed by atoms with E-state index >= 15 is 0 Å². The zero-order chi connectivity index (χ0) is 15.2. The molecule has 0 unspecified atom stereocenters. The fourth-order valence-corrected chi connectivity index (χ4v) is 3.43. The number of allylic oxidation sites excluding steroid dienone is 1. The third-order valence-corrected chi connectivity index (χ3v) is 4.96. The third-order valence-electron chi connectivity index (χ3n) is 4.96. The molecule has 0 atom stereocenters. The maximum Gasteiger partial charge on any atom is 0.233 e. The zero-order valence-electron chi connectivity index (χ0n) is 12.8. The smallest absolute Gasteiger partial charge is 0.233 e. The molecule has 2 aliphatic rings. The van der Waals surface area contributed by atoms with Crippen molar-refractivity contribution in [2.24, 2.45) is 5.92 Å². The van der Waals surface area contributed by atoms with Crippen molar-refractivity contribution in [1.82, 2.24) is 24.3 Å². The molecule has 0 N–H and O–H groups in total. The van der Waals surface area contributed by atoms with Crippen molar-refractivity contribution in [3.05, 3.63) is 59.7 Å². The molecule has 23 heavy (non-hydrogen) atoms. The number of hydrogen-bond acceptors (Lipinski definition) is 4. The number of hydrogen-bond donors (Lipinski definition) is 0. The Morgan fingerprint density at radius 3 is 2.96 bits per heavy atom. The van der Waals surface area contributed by atoms with Crippen molar-refractivity contribution in [2.75, 3.05) is 0 Å². The van der Waals surface area contributed by atoms with Gasteiger partial charge in [0.05, 0.1) is 5.69 Å². The van der Waals surface area contributed by atoms with E-state index in [0.717, 1.165) is 47.2 Å². The lowest BCUT2D eigenvalue weighted by atomic mass is 9.83. The second kappa shape index (κ2) is 4.98. The van der Waals surface area contributed by atoms with E-state index in [9.17, 15) is 0 Å². The molecule has 5 rings (SSSR count). The first-order valence-electron chi connectivity index (χ1n) is 8.21. The molecular formula is C18H17N5. The highest BCUT2D eigenvalue weighted by Gasteiger charge is 2.22. The highest BCUT2D eigenvalue weighted by molar-refractivity contribution is 5.83. The van der Waals surface area contributed by atoms with Crippen molar-refractivity contribution in [1.29, 1.82) is 0 Å². The molecule has 2 aliphatic carbocycles. The van der Waals surface area contributed by atoms with Gasteiger partial charge in [0, 0.05) is 55.0 Å². The van der Waals surface area contributed by atoms with Gasteiger partial charge in [-0.25, -0.2) is 19.9 Å². The minimum atomic E-state index is 0.722. The SMILES string of the molecule is C1=C(c2cnc3nccn3c2)c2cnc(CC3CCC3)nc2C1. The Morgan fingerprint density at radius 1 is 1.13 bits per heavy atom. The third kappa shape index (κ3) is 2.15. The van der Waals surface area contributed by atoms with Gasteiger partial charge in [0.2, 0.25) is 5.78 Å². The summed E-state index contributed by atoms with van der Waals surface area (Å²) in [5, 5.41) is 0. The minimum Gasteiger partial charge on any atom is -0.291 e. The Hall–Kier alpha value is -2.56. The fraction of sp³-hybridized carbons (Fsp3) is 0.333. The number of rotatable bonds is 3. The lowest BCUT2D eigenvalue weighted by Crippen LogP contribution is -2.16. The van der Waals surface area contributed by atoms with Crippen LogP contribution in [0.15, 0.2) is 37.1 Å². The van der Waals surface area contributed by atoms with Crippen LogP contribution in [0, 0.1) is 5.92 Å². The average molecular weight is 303 g/mol. The lowest BCUT2D eigenvalue weighted by Gasteiger charge is -2.24. The molecule has 3 heterocycles. The van der Waals surface area contributed by atoms with Gasteiger partial charge in [0.1, 0.15) is 5.82 Å². The Kier molecular flexibility index (Phi) is 2.80. The summed E-state index contributed by atoms with van der Waals surface area (Å²) in [6.45, 7) is 0. The highest BCUT2D eigenvalue weighted by atomic mass is 15.1. The summed E-state index contributed by atoms with van der Waals surface area (Å²) in [4.78, 5) is 18.0. The van der Waals surface area contributed by atoms with Crippen LogP contribution in [0.1, 0.15) is 41.9 Å². The van der Waals surface area contributed by atoms with Gasteiger partial charge < -0.3 is 0 Å². The second-order valence-electron chi connectivity index (χ2n) is 6.45. The monoisotopic (exact) mass is 303 g/mol. The zero-order valence-corrected chi connectivity index (χ0v) is 12.8. The first kappa shape index (κ1) is 12.9. The van der Waals surface area contributed by atoms with E-state index in [-0.39, 0.29) is 0 Å². The molecule has 0 saturated heterocycles. The number of aromatic nitrogens is 5. The van der Waals surface area contributed by atoms with E-state index in [1.165, 1.54) is 24.8 Å². The summed E-state index contributed by atoms with van der Waals surface area (Å²) in [6, 6.07) is 0. The van der Waals surface area contributed by atoms with E-state index in [2.05, 4.69) is 27.2 Å². The van der Waals surface area contributed by atoms with Crippen LogP contribution in [0.25, 0.3) is 11.4 Å². The molecule has 0 aromatic carbocycles. The summed E-state index contributed by atoms with van der Waals surface area (Å²) in [5.74, 6) is 2.53. The molecule has 0 spiro atoms. The van der Waals surface area contributed by atoms with Crippen LogP contribution in [0.4, 0.5) is 0 Å². The summed E-state index contributed by atoms with van der Waals surface area (Å²) >= 11 is 0. The van der Waals surface area contributed by atoms with Gasteiger partial charge in [-0.3, -0.25) is 4.40 Å². The van der Waals surface area contributed by atoms with Gasteiger partial charge in [-0.05, 0) is 11.5 Å². The summed E-state index contributed by atoms with van der Waals surface area (Å²) in [5.41, 5.74) is 4.56. The number of nitrogens with zero attached hydrogens (tertiary/aromatic N) is 5. The minimum absolute atomic E-state index is 0.722. The predicted octanol–water partition coefficient (Wildman–Crippen LogP) is 2.85. The normalized spacial score (nSPS) is 17.1. The molecule has 0 aliphatic heterocycles. The Balaban J connectivity index is 1.47. The van der Waals surface area contributed by atoms with Crippen LogP contribution in [0.2, 0.25) is 0 Å². The van der Waals surface area contributed by atoms with E-state index in [1.807, 2.05) is 23.0 Å². The van der Waals surface area contributed by atoms with Crippen molar-refractivity contribution in [3.8, 4) is 0 Å². The molecule has 114 valence electrons. The maximum absolute atomic E-state index is 4.80. The quantitative estimate of drug-likeness (QED) is 0.746. The molecule has 0 radical (unpaired) electrons. The van der Waals surface area contributed by atoms with Crippen LogP contribution in [-0.4, -0.2) is 24.3 Å². The Bertz CT molecular complexity index is 920. The van der Waals surface area contributed by atoms with Crippen LogP contribution in [-0.2, 0) is 12.8 Å².